The highest BCUT2D eigenvalue weighted by molar-refractivity contribution is 5.17. The number of hydrogen-bond donors (Lipinski definition) is 1. The molecule has 1 N–H and O–H groups in total. The molecule has 1 fully saturated rings. The van der Waals surface area contributed by atoms with E-state index in [2.05, 4.69) is 9.88 Å². The average Bonchev–Trinajstić information content (AvgIpc) is 2.79. The van der Waals surface area contributed by atoms with Gasteiger partial charge in [0.05, 0.1) is 0 Å². The molecule has 3 atom stereocenters. The Morgan fingerprint density at radius 1 is 1.50 bits per heavy atom. The minimum absolute atomic E-state index is 0.152. The zero-order valence-electron chi connectivity index (χ0n) is 12.8. The summed E-state index contributed by atoms with van der Waals surface area (Å²) in [4.78, 5) is 7.89. The quantitative estimate of drug-likeness (QED) is 0.901. The van der Waals surface area contributed by atoms with Crippen LogP contribution in [0.5, 0.6) is 0 Å². The molecule has 0 bridgehead atoms. The van der Waals surface area contributed by atoms with Gasteiger partial charge in [-0.05, 0) is 44.6 Å². The summed E-state index contributed by atoms with van der Waals surface area (Å²) in [6.07, 6.45) is -2.43. The average molecular weight is 317 g/mol. The van der Waals surface area contributed by atoms with Crippen molar-refractivity contribution >= 4 is 0 Å². The molecule has 4 nitrogen and oxygen atoms in total. The second-order valence-corrected chi connectivity index (χ2v) is 6.04. The monoisotopic (exact) mass is 317 g/mol. The lowest BCUT2D eigenvalue weighted by Gasteiger charge is -2.29. The second kappa shape index (κ2) is 6.93. The van der Waals surface area contributed by atoms with Gasteiger partial charge in [-0.3, -0.25) is 9.88 Å². The summed E-state index contributed by atoms with van der Waals surface area (Å²) in [5.41, 5.74) is 1.08. The van der Waals surface area contributed by atoms with Crippen molar-refractivity contribution in [3.63, 3.8) is 0 Å². The van der Waals surface area contributed by atoms with Crippen LogP contribution in [0.3, 0.4) is 0 Å². The molecule has 1 aliphatic rings. The summed E-state index contributed by atoms with van der Waals surface area (Å²) >= 11 is 0. The van der Waals surface area contributed by atoms with Crippen LogP contribution in [-0.2, 0) is 0 Å². The van der Waals surface area contributed by atoms with Crippen LogP contribution in [0.1, 0.15) is 18.0 Å². The van der Waals surface area contributed by atoms with Gasteiger partial charge >= 0.3 is 6.18 Å². The third-order valence-corrected chi connectivity index (χ3v) is 4.21. The first-order valence-corrected chi connectivity index (χ1v) is 7.32. The number of nitrogens with zero attached hydrogens (tertiary/aromatic N) is 3. The molecule has 2 rings (SSSR count). The minimum Gasteiger partial charge on any atom is -0.382 e. The van der Waals surface area contributed by atoms with Crippen molar-refractivity contribution in [2.24, 2.45) is 5.92 Å². The van der Waals surface area contributed by atoms with Crippen molar-refractivity contribution in [1.82, 2.24) is 14.8 Å². The van der Waals surface area contributed by atoms with Crippen molar-refractivity contribution in [3.05, 3.63) is 30.1 Å². The topological polar surface area (TPSA) is 39.6 Å². The summed E-state index contributed by atoms with van der Waals surface area (Å²) in [6, 6.07) is 4.02. The fourth-order valence-corrected chi connectivity index (χ4v) is 3.17. The fourth-order valence-electron chi connectivity index (χ4n) is 3.17. The summed E-state index contributed by atoms with van der Waals surface area (Å²) in [6.45, 7) is 1.01. The number of rotatable bonds is 5. The molecule has 2 heterocycles. The Bertz CT molecular complexity index is 469. The van der Waals surface area contributed by atoms with Crippen LogP contribution in [0.2, 0.25) is 0 Å². The highest BCUT2D eigenvalue weighted by Crippen LogP contribution is 2.36. The van der Waals surface area contributed by atoms with Gasteiger partial charge in [0.1, 0.15) is 0 Å². The number of likely N-dealkylation sites (N-methyl/N-ethyl adjacent to an activating group) is 1. The van der Waals surface area contributed by atoms with Gasteiger partial charge in [0.2, 0.25) is 0 Å². The largest absolute Gasteiger partial charge is 0.415 e. The maximum absolute atomic E-state index is 12.4. The molecular weight excluding hydrogens is 295 g/mol. The summed E-state index contributed by atoms with van der Waals surface area (Å²) in [5, 5.41) is 9.18. The first-order valence-electron chi connectivity index (χ1n) is 7.32. The number of aromatic nitrogens is 1. The Labute approximate surface area is 128 Å². The predicted molar refractivity (Wildman–Crippen MR) is 77.3 cm³/mol. The maximum Gasteiger partial charge on any atom is 0.415 e. The van der Waals surface area contributed by atoms with Crippen molar-refractivity contribution in [2.45, 2.75) is 24.7 Å². The lowest BCUT2D eigenvalue weighted by Crippen LogP contribution is -2.41. The van der Waals surface area contributed by atoms with Crippen molar-refractivity contribution in [2.75, 3.05) is 33.7 Å². The van der Waals surface area contributed by atoms with Crippen molar-refractivity contribution in [1.29, 1.82) is 0 Å². The molecule has 1 aromatic rings. The molecule has 124 valence electrons. The standard InChI is InChI=1S/C15H22F3N3O/c1-20(10-13(22)15(16,17)18)9-12-5-7-21(2)14(12)11-4-3-6-19-8-11/h3-4,6,8,12-14,22H,5,7,9-10H2,1-2H3/t12-,13?,14-/m0/s1. The van der Waals surface area contributed by atoms with E-state index in [4.69, 9.17) is 0 Å². The first kappa shape index (κ1) is 17.2. The molecule has 0 radical (unpaired) electrons. The van der Waals surface area contributed by atoms with E-state index < -0.39 is 18.8 Å². The Morgan fingerprint density at radius 2 is 2.23 bits per heavy atom. The lowest BCUT2D eigenvalue weighted by molar-refractivity contribution is -0.207. The summed E-state index contributed by atoms with van der Waals surface area (Å²) in [5.74, 6) is 0.222. The van der Waals surface area contributed by atoms with Crippen LogP contribution in [0.25, 0.3) is 0 Å². The molecule has 0 aromatic carbocycles. The lowest BCUT2D eigenvalue weighted by atomic mass is 9.94. The molecule has 22 heavy (non-hydrogen) atoms. The zero-order valence-corrected chi connectivity index (χ0v) is 12.8. The van der Waals surface area contributed by atoms with Crippen LogP contribution in [0.4, 0.5) is 13.2 Å². The molecule has 7 heteroatoms. The normalized spacial score (nSPS) is 24.9. The van der Waals surface area contributed by atoms with Gasteiger partial charge in [-0.2, -0.15) is 13.2 Å². The molecule has 1 saturated heterocycles. The third kappa shape index (κ3) is 4.18. The molecule has 1 aromatic heterocycles. The van der Waals surface area contributed by atoms with E-state index in [0.29, 0.717) is 6.54 Å². The molecule has 0 saturated carbocycles. The van der Waals surface area contributed by atoms with Gasteiger partial charge in [-0.15, -0.1) is 0 Å². The molecular formula is C15H22F3N3O. The summed E-state index contributed by atoms with van der Waals surface area (Å²) < 4.78 is 37.3. The second-order valence-electron chi connectivity index (χ2n) is 6.04. The van der Waals surface area contributed by atoms with E-state index in [1.807, 2.05) is 25.4 Å². The number of hydrogen-bond acceptors (Lipinski definition) is 4. The molecule has 0 spiro atoms. The number of likely N-dealkylation sites (tertiary alicyclic amines) is 1. The van der Waals surface area contributed by atoms with Crippen LogP contribution >= 0.6 is 0 Å². The van der Waals surface area contributed by atoms with Gasteiger partial charge in [0, 0.05) is 31.5 Å². The van der Waals surface area contributed by atoms with Crippen LogP contribution in [-0.4, -0.2) is 65.9 Å². The van der Waals surface area contributed by atoms with Crippen LogP contribution < -0.4 is 0 Å². The number of alkyl halides is 3. The van der Waals surface area contributed by atoms with Gasteiger partial charge in [0.25, 0.3) is 0 Å². The zero-order chi connectivity index (χ0) is 16.3. The van der Waals surface area contributed by atoms with Crippen LogP contribution in [0, 0.1) is 5.92 Å². The molecule has 1 unspecified atom stereocenters. The van der Waals surface area contributed by atoms with Gasteiger partial charge in [-0.1, -0.05) is 6.07 Å². The Balaban J connectivity index is 1.99. The molecule has 1 aliphatic heterocycles. The van der Waals surface area contributed by atoms with E-state index in [-0.39, 0.29) is 12.0 Å². The van der Waals surface area contributed by atoms with E-state index in [0.717, 1.165) is 18.5 Å². The minimum atomic E-state index is -4.57. The highest BCUT2D eigenvalue weighted by Gasteiger charge is 2.40. The Hall–Kier alpha value is -1.18. The highest BCUT2D eigenvalue weighted by atomic mass is 19.4. The van der Waals surface area contributed by atoms with Crippen molar-refractivity contribution < 1.29 is 18.3 Å². The van der Waals surface area contributed by atoms with E-state index in [1.54, 1.807) is 18.1 Å². The number of halogens is 3. The Kier molecular flexibility index (Phi) is 5.41. The number of aliphatic hydroxyl groups is 1. The van der Waals surface area contributed by atoms with E-state index in [9.17, 15) is 18.3 Å². The Morgan fingerprint density at radius 3 is 2.82 bits per heavy atom. The fraction of sp³-hybridized carbons (Fsp3) is 0.667. The van der Waals surface area contributed by atoms with E-state index >= 15 is 0 Å². The van der Waals surface area contributed by atoms with Gasteiger partial charge in [0.15, 0.2) is 6.10 Å². The first-order chi connectivity index (χ1) is 10.3. The van der Waals surface area contributed by atoms with E-state index in [1.165, 1.54) is 0 Å². The van der Waals surface area contributed by atoms with Gasteiger partial charge in [-0.25, -0.2) is 0 Å². The molecule has 0 amide bonds. The number of aliphatic hydroxyl groups excluding tert-OH is 1. The number of pyridine rings is 1. The van der Waals surface area contributed by atoms with Crippen molar-refractivity contribution in [3.8, 4) is 0 Å². The maximum atomic E-state index is 12.4. The summed E-state index contributed by atoms with van der Waals surface area (Å²) in [7, 11) is 3.63. The predicted octanol–water partition coefficient (Wildman–Crippen LogP) is 1.93. The smallest absolute Gasteiger partial charge is 0.382 e. The van der Waals surface area contributed by atoms with Crippen LogP contribution in [0.15, 0.2) is 24.5 Å². The third-order valence-electron chi connectivity index (χ3n) is 4.21. The molecule has 0 aliphatic carbocycles. The van der Waals surface area contributed by atoms with Gasteiger partial charge < -0.3 is 10.0 Å². The SMILES string of the molecule is CN(CC(O)C(F)(F)F)C[C@@H]1CCN(C)[C@H]1c1cccnc1.